The van der Waals surface area contributed by atoms with E-state index in [1.54, 1.807) is 30.3 Å². The molecule has 2 N–H and O–H groups in total. The summed E-state index contributed by atoms with van der Waals surface area (Å²) in [5.41, 5.74) is 1.48. The smallest absolute Gasteiger partial charge is 0.258 e. The van der Waals surface area contributed by atoms with Gasteiger partial charge in [0.25, 0.3) is 11.8 Å². The molecule has 0 aromatic heterocycles. The minimum atomic E-state index is -0.414. The Hall–Kier alpha value is -2.69. The first-order valence-corrected chi connectivity index (χ1v) is 5.77. The monoisotopic (exact) mass is 254 g/mol. The quantitative estimate of drug-likeness (QED) is 0.760. The lowest BCUT2D eigenvalue weighted by molar-refractivity contribution is -0.114. The third kappa shape index (κ3) is 1.67. The molecule has 0 bridgehead atoms. The third-order valence-corrected chi connectivity index (χ3v) is 3.07. The van der Waals surface area contributed by atoms with Crippen molar-refractivity contribution in [3.63, 3.8) is 0 Å². The lowest BCUT2D eigenvalue weighted by Gasteiger charge is -2.18. The zero-order valence-corrected chi connectivity index (χ0v) is 10.1. The summed E-state index contributed by atoms with van der Waals surface area (Å²) in [5.74, 6) is -1.03. The Morgan fingerprint density at radius 1 is 1.05 bits per heavy atom. The fourth-order valence-corrected chi connectivity index (χ4v) is 2.32. The van der Waals surface area contributed by atoms with E-state index in [0.717, 1.165) is 0 Å². The predicted octanol–water partition coefficient (Wildman–Crippen LogP) is 1.68. The van der Waals surface area contributed by atoms with Crippen LogP contribution < -0.4 is 10.6 Å². The van der Waals surface area contributed by atoms with Gasteiger partial charge < -0.3 is 5.32 Å². The van der Waals surface area contributed by atoms with Crippen molar-refractivity contribution in [2.24, 2.45) is 0 Å². The van der Waals surface area contributed by atoms with Gasteiger partial charge in [-0.05, 0) is 18.2 Å². The number of hydrogen-bond acceptors (Lipinski definition) is 3. The van der Waals surface area contributed by atoms with Gasteiger partial charge >= 0.3 is 0 Å². The molecule has 0 unspecified atom stereocenters. The van der Waals surface area contributed by atoms with Crippen molar-refractivity contribution >= 4 is 34.2 Å². The summed E-state index contributed by atoms with van der Waals surface area (Å²) in [6.07, 6.45) is 0. The van der Waals surface area contributed by atoms with Gasteiger partial charge in [0, 0.05) is 34.5 Å². The van der Waals surface area contributed by atoms with Crippen LogP contribution in [0.25, 0.3) is 10.8 Å². The third-order valence-electron chi connectivity index (χ3n) is 3.07. The Labute approximate surface area is 108 Å². The molecular formula is C14H10N2O3. The Kier molecular flexibility index (Phi) is 2.35. The van der Waals surface area contributed by atoms with Gasteiger partial charge in [-0.15, -0.1) is 0 Å². The van der Waals surface area contributed by atoms with Gasteiger partial charge in [0.1, 0.15) is 0 Å². The van der Waals surface area contributed by atoms with Crippen LogP contribution in [0.2, 0.25) is 0 Å². The molecule has 1 heterocycles. The van der Waals surface area contributed by atoms with E-state index < -0.39 is 11.8 Å². The fourth-order valence-electron chi connectivity index (χ4n) is 2.32. The maximum Gasteiger partial charge on any atom is 0.258 e. The van der Waals surface area contributed by atoms with Crippen LogP contribution in [0.1, 0.15) is 27.6 Å². The van der Waals surface area contributed by atoms with Crippen LogP contribution in [0.3, 0.4) is 0 Å². The molecule has 1 aliphatic heterocycles. The van der Waals surface area contributed by atoms with E-state index in [9.17, 15) is 14.4 Å². The van der Waals surface area contributed by atoms with Gasteiger partial charge in [0.2, 0.25) is 5.91 Å². The Morgan fingerprint density at radius 2 is 1.74 bits per heavy atom. The van der Waals surface area contributed by atoms with Gasteiger partial charge in [0.15, 0.2) is 0 Å². The first-order valence-electron chi connectivity index (χ1n) is 5.77. The average molecular weight is 254 g/mol. The van der Waals surface area contributed by atoms with E-state index in [4.69, 9.17) is 0 Å². The summed E-state index contributed by atoms with van der Waals surface area (Å²) >= 11 is 0. The Balaban J connectivity index is 2.38. The molecular weight excluding hydrogens is 244 g/mol. The molecule has 2 aromatic carbocycles. The van der Waals surface area contributed by atoms with E-state index in [0.29, 0.717) is 27.6 Å². The van der Waals surface area contributed by atoms with Crippen molar-refractivity contribution in [1.82, 2.24) is 5.32 Å². The largest absolute Gasteiger partial charge is 0.326 e. The highest BCUT2D eigenvalue weighted by molar-refractivity contribution is 6.27. The number of benzene rings is 2. The topological polar surface area (TPSA) is 75.3 Å². The first-order chi connectivity index (χ1) is 9.08. The van der Waals surface area contributed by atoms with Crippen molar-refractivity contribution in [2.75, 3.05) is 5.32 Å². The summed E-state index contributed by atoms with van der Waals surface area (Å²) in [6, 6.07) is 8.43. The summed E-state index contributed by atoms with van der Waals surface area (Å²) < 4.78 is 0. The number of nitrogens with one attached hydrogen (secondary N) is 2. The molecule has 0 spiro atoms. The second kappa shape index (κ2) is 3.91. The molecule has 0 saturated carbocycles. The summed E-state index contributed by atoms with van der Waals surface area (Å²) in [4.78, 5) is 34.8. The molecule has 3 amide bonds. The number of imide groups is 1. The fraction of sp³-hybridized carbons (Fsp3) is 0.0714. The highest BCUT2D eigenvalue weighted by Gasteiger charge is 2.25. The van der Waals surface area contributed by atoms with Crippen molar-refractivity contribution in [2.45, 2.75) is 6.92 Å². The second-order valence-electron chi connectivity index (χ2n) is 4.35. The minimum Gasteiger partial charge on any atom is -0.326 e. The molecule has 0 aliphatic carbocycles. The van der Waals surface area contributed by atoms with Gasteiger partial charge in [-0.1, -0.05) is 12.1 Å². The molecule has 1 aliphatic rings. The number of carbonyl (C=O) groups excluding carboxylic acids is 3. The highest BCUT2D eigenvalue weighted by Crippen LogP contribution is 2.31. The van der Waals surface area contributed by atoms with E-state index >= 15 is 0 Å². The van der Waals surface area contributed by atoms with Gasteiger partial charge in [-0.2, -0.15) is 0 Å². The van der Waals surface area contributed by atoms with E-state index in [1.807, 2.05) is 0 Å². The summed E-state index contributed by atoms with van der Waals surface area (Å²) in [6.45, 7) is 1.41. The molecule has 5 heteroatoms. The molecule has 5 nitrogen and oxygen atoms in total. The SMILES string of the molecule is CC(=O)Nc1ccc2c3c(cccc13)C(=O)NC2=O. The van der Waals surface area contributed by atoms with Crippen LogP contribution in [0.4, 0.5) is 5.69 Å². The molecule has 0 fully saturated rings. The molecule has 2 aromatic rings. The van der Waals surface area contributed by atoms with E-state index in [1.165, 1.54) is 6.92 Å². The van der Waals surface area contributed by atoms with Crippen LogP contribution in [0.15, 0.2) is 30.3 Å². The van der Waals surface area contributed by atoms with Crippen LogP contribution in [-0.4, -0.2) is 17.7 Å². The van der Waals surface area contributed by atoms with Gasteiger partial charge in [-0.25, -0.2) is 0 Å². The standard InChI is InChI=1S/C14H10N2O3/c1-7(17)15-11-6-5-10-12-8(11)3-2-4-9(12)13(18)16-14(10)19/h2-6H,1H3,(H,15,17)(H,16,18,19). The Morgan fingerprint density at radius 3 is 2.42 bits per heavy atom. The second-order valence-corrected chi connectivity index (χ2v) is 4.35. The lowest BCUT2D eigenvalue weighted by atomic mass is 9.94. The number of amides is 3. The zero-order valence-electron chi connectivity index (χ0n) is 10.1. The van der Waals surface area contributed by atoms with Crippen molar-refractivity contribution < 1.29 is 14.4 Å². The molecule has 0 radical (unpaired) electrons. The van der Waals surface area contributed by atoms with Crippen LogP contribution in [-0.2, 0) is 4.79 Å². The lowest BCUT2D eigenvalue weighted by Crippen LogP contribution is -2.34. The zero-order chi connectivity index (χ0) is 13.6. The predicted molar refractivity (Wildman–Crippen MR) is 70.0 cm³/mol. The minimum absolute atomic E-state index is 0.202. The molecule has 94 valence electrons. The first kappa shape index (κ1) is 11.4. The van der Waals surface area contributed by atoms with Crippen LogP contribution in [0, 0.1) is 0 Å². The van der Waals surface area contributed by atoms with Crippen molar-refractivity contribution in [3.8, 4) is 0 Å². The molecule has 0 atom stereocenters. The normalized spacial score (nSPS) is 13.3. The van der Waals surface area contributed by atoms with E-state index in [2.05, 4.69) is 10.6 Å². The van der Waals surface area contributed by atoms with Crippen LogP contribution >= 0.6 is 0 Å². The van der Waals surface area contributed by atoms with E-state index in [-0.39, 0.29) is 5.91 Å². The van der Waals surface area contributed by atoms with Crippen LogP contribution in [0.5, 0.6) is 0 Å². The molecule has 3 rings (SSSR count). The van der Waals surface area contributed by atoms with Gasteiger partial charge in [0.05, 0.1) is 0 Å². The molecule has 19 heavy (non-hydrogen) atoms. The maximum absolute atomic E-state index is 11.8. The average Bonchev–Trinajstić information content (AvgIpc) is 2.36. The van der Waals surface area contributed by atoms with Crippen molar-refractivity contribution in [3.05, 3.63) is 41.5 Å². The number of hydrogen-bond donors (Lipinski definition) is 2. The number of rotatable bonds is 1. The summed E-state index contributed by atoms with van der Waals surface area (Å²) in [5, 5.41) is 6.26. The number of carbonyl (C=O) groups is 3. The Bertz CT molecular complexity index is 729. The van der Waals surface area contributed by atoms with Crippen molar-refractivity contribution in [1.29, 1.82) is 0 Å². The summed E-state index contributed by atoms with van der Waals surface area (Å²) in [7, 11) is 0. The highest BCUT2D eigenvalue weighted by atomic mass is 16.2. The van der Waals surface area contributed by atoms with Gasteiger partial charge in [-0.3, -0.25) is 19.7 Å². The number of anilines is 1. The maximum atomic E-state index is 11.8. The molecule has 0 saturated heterocycles.